The number of rotatable bonds is 9. The Bertz CT molecular complexity index is 889. The molecule has 0 heterocycles. The van der Waals surface area contributed by atoms with Crippen molar-refractivity contribution in [1.29, 1.82) is 0 Å². The van der Waals surface area contributed by atoms with Gasteiger partial charge in [0.05, 0.1) is 5.38 Å². The molecule has 0 spiro atoms. The van der Waals surface area contributed by atoms with Crippen LogP contribution in [0.2, 0.25) is 0 Å². The quantitative estimate of drug-likeness (QED) is 0.211. The number of nitrogens with zero attached hydrogens (tertiary/aromatic N) is 1. The second-order valence-corrected chi connectivity index (χ2v) is 13.3. The van der Waals surface area contributed by atoms with Crippen molar-refractivity contribution in [2.75, 3.05) is 0 Å². The van der Waals surface area contributed by atoms with Crippen LogP contribution in [0.5, 0.6) is 0 Å². The van der Waals surface area contributed by atoms with Crippen molar-refractivity contribution in [2.45, 2.75) is 46.7 Å². The third kappa shape index (κ3) is 4.89. The average Bonchev–Trinajstić information content (AvgIpc) is 2.80. The van der Waals surface area contributed by atoms with Gasteiger partial charge in [-0.05, 0) is 50.2 Å². The van der Waals surface area contributed by atoms with E-state index in [0.717, 1.165) is 5.38 Å². The predicted octanol–water partition coefficient (Wildman–Crippen LogP) is 4.95. The highest BCUT2D eigenvalue weighted by molar-refractivity contribution is 7.44. The molecule has 0 fully saturated rings. The molecule has 1 N–H and O–H groups in total. The lowest BCUT2D eigenvalue weighted by Crippen LogP contribution is -2.69. The van der Waals surface area contributed by atoms with Crippen molar-refractivity contribution in [3.63, 3.8) is 0 Å². The molecule has 3 aromatic carbocycles. The highest BCUT2D eigenvalue weighted by atomic mass is 31.2. The van der Waals surface area contributed by atoms with Gasteiger partial charge in [0.25, 0.3) is 0 Å². The molecule has 0 radical (unpaired) electrons. The zero-order chi connectivity index (χ0) is 23.1. The van der Waals surface area contributed by atoms with Gasteiger partial charge in [-0.25, -0.2) is 4.67 Å². The largest absolute Gasteiger partial charge is 0.445 e. The monoisotopic (exact) mass is 463 g/mol. The Hall–Kier alpha value is -2.23. The first-order chi connectivity index (χ1) is 15.4. The fraction of sp³-hybridized carbons (Fsp3) is 0.259. The van der Waals surface area contributed by atoms with Gasteiger partial charge in [-0.1, -0.05) is 97.1 Å². The Morgan fingerprint density at radius 3 is 1.38 bits per heavy atom. The fourth-order valence-corrected chi connectivity index (χ4v) is 10.8. The molecule has 3 aromatic rings. The van der Waals surface area contributed by atoms with Crippen LogP contribution in [0.4, 0.5) is 0 Å². The molecule has 32 heavy (non-hydrogen) atoms. The first-order valence-electron chi connectivity index (χ1n) is 11.2. The summed E-state index contributed by atoms with van der Waals surface area (Å²) in [6.45, 7) is 10.4. The molecule has 0 aliphatic carbocycles. The van der Waals surface area contributed by atoms with Gasteiger partial charge >= 0.3 is 8.53 Å². The Kier molecular flexibility index (Phi) is 8.44. The van der Waals surface area contributed by atoms with E-state index in [-0.39, 0.29) is 12.1 Å². The smallest absolute Gasteiger partial charge is 0.317 e. The topological polar surface area (TPSA) is 32.7 Å². The molecule has 3 rings (SSSR count). The Morgan fingerprint density at radius 1 is 0.750 bits per heavy atom. The number of benzene rings is 3. The molecule has 1 atom stereocenters. The lowest BCUT2D eigenvalue weighted by Gasteiger charge is -2.39. The Morgan fingerprint density at radius 2 is 1.09 bits per heavy atom. The van der Waals surface area contributed by atoms with E-state index in [1.54, 1.807) is 0 Å². The highest BCUT2D eigenvalue weighted by Crippen LogP contribution is 2.44. The maximum Gasteiger partial charge on any atom is 0.317 e. The van der Waals surface area contributed by atoms with Crippen molar-refractivity contribution in [2.24, 2.45) is 0 Å². The minimum Gasteiger partial charge on any atom is -0.445 e. The molecule has 5 heteroatoms. The van der Waals surface area contributed by atoms with Crippen molar-refractivity contribution in [3.05, 3.63) is 102 Å². The van der Waals surface area contributed by atoms with Gasteiger partial charge < -0.3 is 9.42 Å². The first kappa shape index (κ1) is 24.4. The van der Waals surface area contributed by atoms with Crippen LogP contribution in [0, 0.1) is 0 Å². The van der Waals surface area contributed by atoms with Gasteiger partial charge in [0.1, 0.15) is 0 Å². The van der Waals surface area contributed by atoms with Gasteiger partial charge in [-0.2, -0.15) is 0 Å². The summed E-state index contributed by atoms with van der Waals surface area (Å²) < 4.78 is 8.64. The maximum absolute atomic E-state index is 11.3. The van der Waals surface area contributed by atoms with E-state index in [1.165, 1.54) is 15.6 Å². The van der Waals surface area contributed by atoms with Gasteiger partial charge in [0, 0.05) is 12.1 Å². The van der Waals surface area contributed by atoms with E-state index < -0.39 is 16.6 Å². The van der Waals surface area contributed by atoms with E-state index in [1.807, 2.05) is 25.1 Å². The maximum atomic E-state index is 11.3. The van der Waals surface area contributed by atoms with E-state index >= 15 is 0 Å². The van der Waals surface area contributed by atoms with Gasteiger partial charge in [0.2, 0.25) is 8.07 Å². The average molecular weight is 464 g/mol. The van der Waals surface area contributed by atoms with Crippen molar-refractivity contribution in [3.8, 4) is 0 Å². The zero-order valence-corrected chi connectivity index (χ0v) is 21.5. The Balaban J connectivity index is 2.26. The summed E-state index contributed by atoms with van der Waals surface area (Å²) in [5.41, 5.74) is 0. The fourth-order valence-electron chi connectivity index (χ4n) is 4.46. The summed E-state index contributed by atoms with van der Waals surface area (Å²) in [6.07, 6.45) is 2.06. The SMILES string of the molecule is CC=C(OP(O)N(C(C)C)C(C)C)[Si](c1ccccc1)(c1ccccc1)c1ccccc1. The van der Waals surface area contributed by atoms with Crippen LogP contribution in [0.25, 0.3) is 0 Å². The molecule has 0 saturated carbocycles. The highest BCUT2D eigenvalue weighted by Gasteiger charge is 2.46. The zero-order valence-electron chi connectivity index (χ0n) is 19.6. The second-order valence-electron chi connectivity index (χ2n) is 8.41. The van der Waals surface area contributed by atoms with Crippen molar-refractivity contribution in [1.82, 2.24) is 4.67 Å². The summed E-state index contributed by atoms with van der Waals surface area (Å²) >= 11 is 0. The summed E-state index contributed by atoms with van der Waals surface area (Å²) in [7, 11) is -4.57. The van der Waals surface area contributed by atoms with E-state index in [2.05, 4.69) is 111 Å². The molecule has 1 unspecified atom stereocenters. The summed E-state index contributed by atoms with van der Waals surface area (Å²) in [5, 5.41) is 4.56. The summed E-state index contributed by atoms with van der Waals surface area (Å²) in [4.78, 5) is 11.3. The number of allylic oxidation sites excluding steroid dienone is 1. The molecule has 0 saturated heterocycles. The van der Waals surface area contributed by atoms with Crippen LogP contribution in [-0.4, -0.2) is 29.7 Å². The van der Waals surface area contributed by atoms with E-state index in [4.69, 9.17) is 4.52 Å². The molecular formula is C27H34NO2PSi. The standard InChI is InChI=1S/C27H34NO2PSi/c1-6-27(30-31(29)28(22(2)3)23(4)5)32(24-16-10-7-11-17-24,25-18-12-8-13-19-25)26-20-14-9-15-21-26/h6-23,29H,1-5H3. The van der Waals surface area contributed by atoms with Gasteiger partial charge in [0.15, 0.2) is 0 Å². The molecular weight excluding hydrogens is 429 g/mol. The molecule has 0 amide bonds. The third-order valence-corrected chi connectivity index (χ3v) is 12.3. The molecule has 0 aliphatic heterocycles. The predicted molar refractivity (Wildman–Crippen MR) is 140 cm³/mol. The third-order valence-electron chi connectivity index (χ3n) is 5.69. The molecule has 0 bridgehead atoms. The Labute approximate surface area is 195 Å². The number of hydrogen-bond acceptors (Lipinski definition) is 3. The van der Waals surface area contributed by atoms with Crippen LogP contribution in [-0.2, 0) is 4.52 Å². The van der Waals surface area contributed by atoms with Crippen LogP contribution in [0.3, 0.4) is 0 Å². The number of hydrogen-bond donors (Lipinski definition) is 1. The second kappa shape index (κ2) is 11.1. The molecule has 0 aromatic heterocycles. The lowest BCUT2D eigenvalue weighted by atomic mass is 10.3. The molecule has 168 valence electrons. The van der Waals surface area contributed by atoms with Crippen molar-refractivity contribution >= 4 is 32.2 Å². The van der Waals surface area contributed by atoms with Crippen LogP contribution in [0.1, 0.15) is 34.6 Å². The molecule has 0 aliphatic rings. The van der Waals surface area contributed by atoms with Crippen LogP contribution < -0.4 is 15.6 Å². The van der Waals surface area contributed by atoms with Crippen LogP contribution in [0.15, 0.2) is 102 Å². The normalized spacial score (nSPS) is 13.6. The van der Waals surface area contributed by atoms with Crippen molar-refractivity contribution < 1.29 is 9.42 Å². The minimum atomic E-state index is -2.76. The van der Waals surface area contributed by atoms with E-state index in [9.17, 15) is 4.89 Å². The lowest BCUT2D eigenvalue weighted by molar-refractivity contribution is 0.247. The first-order valence-corrected chi connectivity index (χ1v) is 14.4. The summed E-state index contributed by atoms with van der Waals surface area (Å²) in [6, 6.07) is 32.2. The summed E-state index contributed by atoms with van der Waals surface area (Å²) in [5.74, 6) is 0. The van der Waals surface area contributed by atoms with Gasteiger partial charge in [-0.3, -0.25) is 0 Å². The minimum absolute atomic E-state index is 0.172. The van der Waals surface area contributed by atoms with E-state index in [0.29, 0.717) is 0 Å². The van der Waals surface area contributed by atoms with Crippen LogP contribution >= 0.6 is 8.53 Å². The molecule has 3 nitrogen and oxygen atoms in total. The van der Waals surface area contributed by atoms with Gasteiger partial charge in [-0.15, -0.1) is 0 Å².